The highest BCUT2D eigenvalue weighted by Gasteiger charge is 2.44. The van der Waals surface area contributed by atoms with Gasteiger partial charge in [0.05, 0.1) is 11.6 Å². The molecular formula is C13H28N2O8P2. The third-order valence-corrected chi connectivity index (χ3v) is 8.64. The molecule has 0 rings (SSSR count). The Morgan fingerprint density at radius 1 is 0.960 bits per heavy atom. The molecule has 12 heteroatoms. The Kier molecular flexibility index (Phi) is 10.7. The molecule has 0 aliphatic heterocycles. The Labute approximate surface area is 146 Å². The van der Waals surface area contributed by atoms with E-state index in [0.717, 1.165) is 0 Å². The molecule has 0 aliphatic rings. The Balaban J connectivity index is 5.61. The highest BCUT2D eigenvalue weighted by Crippen LogP contribution is 2.57. The number of carbonyl (C=O) groups is 2. The lowest BCUT2D eigenvalue weighted by Gasteiger charge is -2.29. The molecule has 0 saturated heterocycles. The van der Waals surface area contributed by atoms with Crippen molar-refractivity contribution in [2.24, 2.45) is 17.4 Å². The van der Waals surface area contributed by atoms with Crippen molar-refractivity contribution in [3.05, 3.63) is 0 Å². The van der Waals surface area contributed by atoms with Gasteiger partial charge in [-0.05, 0) is 32.4 Å². The van der Waals surface area contributed by atoms with E-state index in [0.29, 0.717) is 0 Å². The van der Waals surface area contributed by atoms with E-state index < -0.39 is 57.3 Å². The summed E-state index contributed by atoms with van der Waals surface area (Å²) in [6.07, 6.45) is -1.71. The minimum atomic E-state index is -4.13. The van der Waals surface area contributed by atoms with Gasteiger partial charge in [0.1, 0.15) is 0 Å². The maximum Gasteiger partial charge on any atom is 0.307 e. The average Bonchev–Trinajstić information content (AvgIpc) is 2.49. The van der Waals surface area contributed by atoms with E-state index in [-0.39, 0.29) is 38.3 Å². The summed E-state index contributed by atoms with van der Waals surface area (Å²) < 4.78 is 25.0. The van der Waals surface area contributed by atoms with Gasteiger partial charge in [0.25, 0.3) is 0 Å². The van der Waals surface area contributed by atoms with Crippen molar-refractivity contribution < 1.29 is 38.7 Å². The zero-order chi connectivity index (χ0) is 19.7. The Bertz CT molecular complexity index is 542. The first-order valence-electron chi connectivity index (χ1n) is 7.94. The highest BCUT2D eigenvalue weighted by molar-refractivity contribution is 7.62. The fraction of sp³-hybridized carbons (Fsp3) is 0.846. The van der Waals surface area contributed by atoms with Gasteiger partial charge in [0, 0.05) is 24.9 Å². The quantitative estimate of drug-likeness (QED) is 0.217. The van der Waals surface area contributed by atoms with Gasteiger partial charge in [0.15, 0.2) is 0 Å². The zero-order valence-corrected chi connectivity index (χ0v) is 15.8. The summed E-state index contributed by atoms with van der Waals surface area (Å²) in [7, 11) is -8.02. The molecule has 0 saturated carbocycles. The van der Waals surface area contributed by atoms with Crippen molar-refractivity contribution in [1.82, 2.24) is 0 Å². The molecule has 0 radical (unpaired) electrons. The third kappa shape index (κ3) is 9.49. The number of nitrogens with two attached hydrogens (primary N) is 2. The number of rotatable bonds is 14. The standard InChI is InChI=1S/C13H28N2O8P2/c14-5-1-7-24(20,21)9-11(25(22,23)8-2-6-15)10(13(18)19)3-4-12(16)17/h10-11H,1-9,14-15H2,(H,16,17)(H,18,19)(H,20,21)(H,22,23). The monoisotopic (exact) mass is 402 g/mol. The average molecular weight is 402 g/mol. The zero-order valence-electron chi connectivity index (χ0n) is 14.0. The second kappa shape index (κ2) is 11.1. The van der Waals surface area contributed by atoms with Crippen LogP contribution in [0.4, 0.5) is 0 Å². The van der Waals surface area contributed by atoms with Gasteiger partial charge in [0.2, 0.25) is 14.7 Å². The predicted molar refractivity (Wildman–Crippen MR) is 93.4 cm³/mol. The molecule has 4 unspecified atom stereocenters. The van der Waals surface area contributed by atoms with Gasteiger partial charge in [-0.3, -0.25) is 18.7 Å². The van der Waals surface area contributed by atoms with E-state index in [1.54, 1.807) is 0 Å². The van der Waals surface area contributed by atoms with Crippen molar-refractivity contribution in [2.75, 3.05) is 31.6 Å². The van der Waals surface area contributed by atoms with Crippen LogP contribution in [-0.2, 0) is 18.7 Å². The molecule has 4 atom stereocenters. The number of hydrogen-bond donors (Lipinski definition) is 6. The molecule has 0 amide bonds. The van der Waals surface area contributed by atoms with Crippen LogP contribution < -0.4 is 11.5 Å². The molecule has 0 bridgehead atoms. The van der Waals surface area contributed by atoms with Gasteiger partial charge < -0.3 is 31.5 Å². The summed E-state index contributed by atoms with van der Waals surface area (Å²) in [6.45, 7) is 0.259. The van der Waals surface area contributed by atoms with Crippen LogP contribution in [0.2, 0.25) is 0 Å². The molecule has 0 aromatic carbocycles. The molecule has 0 fully saturated rings. The third-order valence-electron chi connectivity index (χ3n) is 3.84. The fourth-order valence-electron chi connectivity index (χ4n) is 2.50. The van der Waals surface area contributed by atoms with Gasteiger partial charge in [-0.2, -0.15) is 0 Å². The smallest absolute Gasteiger partial charge is 0.307 e. The second-order valence-corrected chi connectivity index (χ2v) is 11.1. The minimum Gasteiger partial charge on any atom is -0.481 e. The van der Waals surface area contributed by atoms with E-state index >= 15 is 0 Å². The van der Waals surface area contributed by atoms with E-state index in [4.69, 9.17) is 16.6 Å². The van der Waals surface area contributed by atoms with Crippen molar-refractivity contribution >= 4 is 26.7 Å². The predicted octanol–water partition coefficient (Wildman–Crippen LogP) is 0.159. The summed E-state index contributed by atoms with van der Waals surface area (Å²) in [6, 6.07) is 0. The van der Waals surface area contributed by atoms with E-state index in [2.05, 4.69) is 0 Å². The second-order valence-electron chi connectivity index (χ2n) is 5.96. The van der Waals surface area contributed by atoms with Gasteiger partial charge in [-0.25, -0.2) is 0 Å². The SMILES string of the molecule is NCCCP(=O)(O)CC(C(CCC(=O)O)C(=O)O)P(=O)(O)CCCN. The first kappa shape index (κ1) is 24.2. The fourth-order valence-corrected chi connectivity index (χ4v) is 7.79. The van der Waals surface area contributed by atoms with E-state index in [9.17, 15) is 33.6 Å². The van der Waals surface area contributed by atoms with Gasteiger partial charge in [-0.1, -0.05) is 0 Å². The topological polar surface area (TPSA) is 201 Å². The van der Waals surface area contributed by atoms with Gasteiger partial charge >= 0.3 is 11.9 Å². The lowest BCUT2D eigenvalue weighted by molar-refractivity contribution is -0.142. The first-order valence-corrected chi connectivity index (χ1v) is 11.9. The van der Waals surface area contributed by atoms with Crippen LogP contribution in [0.5, 0.6) is 0 Å². The Hall–Kier alpha value is -0.760. The lowest BCUT2D eigenvalue weighted by Crippen LogP contribution is -2.33. The number of carboxylic acids is 2. The molecule has 0 aromatic heterocycles. The van der Waals surface area contributed by atoms with Crippen LogP contribution in [0.1, 0.15) is 25.7 Å². The summed E-state index contributed by atoms with van der Waals surface area (Å²) in [5.74, 6) is -4.23. The molecule has 0 aromatic rings. The van der Waals surface area contributed by atoms with Crippen LogP contribution in [0.15, 0.2) is 0 Å². The maximum absolute atomic E-state index is 12.6. The van der Waals surface area contributed by atoms with Crippen LogP contribution in [0.3, 0.4) is 0 Å². The van der Waals surface area contributed by atoms with Crippen LogP contribution in [-0.4, -0.2) is 69.2 Å². The molecule has 148 valence electrons. The molecular weight excluding hydrogens is 374 g/mol. The summed E-state index contributed by atoms with van der Waals surface area (Å²) in [5, 5.41) is 18.1. The molecule has 0 heterocycles. The molecule has 0 spiro atoms. The van der Waals surface area contributed by atoms with Gasteiger partial charge in [-0.15, -0.1) is 0 Å². The minimum absolute atomic E-state index is 0.105. The van der Waals surface area contributed by atoms with Crippen LogP contribution in [0.25, 0.3) is 0 Å². The molecule has 0 aliphatic carbocycles. The number of carboxylic acid groups (broad SMARTS) is 2. The van der Waals surface area contributed by atoms with Crippen molar-refractivity contribution in [3.8, 4) is 0 Å². The Morgan fingerprint density at radius 3 is 1.92 bits per heavy atom. The highest BCUT2D eigenvalue weighted by atomic mass is 31.2. The molecule has 8 N–H and O–H groups in total. The molecule has 25 heavy (non-hydrogen) atoms. The lowest BCUT2D eigenvalue weighted by atomic mass is 10.00. The van der Waals surface area contributed by atoms with Crippen LogP contribution in [0, 0.1) is 5.92 Å². The van der Waals surface area contributed by atoms with Crippen molar-refractivity contribution in [1.29, 1.82) is 0 Å². The number of hydrogen-bond acceptors (Lipinski definition) is 6. The van der Waals surface area contributed by atoms with E-state index in [1.165, 1.54) is 0 Å². The first-order chi connectivity index (χ1) is 11.5. The summed E-state index contributed by atoms with van der Waals surface area (Å²) in [5.41, 5.74) is 9.11. The Morgan fingerprint density at radius 2 is 1.48 bits per heavy atom. The maximum atomic E-state index is 12.6. The number of aliphatic carboxylic acids is 2. The van der Waals surface area contributed by atoms with Crippen molar-refractivity contribution in [2.45, 2.75) is 31.3 Å². The van der Waals surface area contributed by atoms with Crippen LogP contribution >= 0.6 is 14.7 Å². The summed E-state index contributed by atoms with van der Waals surface area (Å²) in [4.78, 5) is 42.6. The van der Waals surface area contributed by atoms with Crippen molar-refractivity contribution in [3.63, 3.8) is 0 Å². The molecule has 10 nitrogen and oxygen atoms in total. The summed E-state index contributed by atoms with van der Waals surface area (Å²) >= 11 is 0. The largest absolute Gasteiger partial charge is 0.481 e. The van der Waals surface area contributed by atoms with E-state index in [1.807, 2.05) is 0 Å². The normalized spacial score (nSPS) is 18.7.